The van der Waals surface area contributed by atoms with Gasteiger partial charge in [0.05, 0.1) is 11.2 Å². The fourth-order valence-corrected chi connectivity index (χ4v) is 1.95. The molecule has 1 heterocycles. The molecule has 0 unspecified atom stereocenters. The lowest BCUT2D eigenvalue weighted by Crippen LogP contribution is -2.45. The minimum atomic E-state index is -0.161. The largest absolute Gasteiger partial charge is 0.362 e. The van der Waals surface area contributed by atoms with E-state index in [0.717, 1.165) is 24.4 Å². The van der Waals surface area contributed by atoms with Gasteiger partial charge in [0.1, 0.15) is 17.5 Å². The van der Waals surface area contributed by atoms with Crippen molar-refractivity contribution in [3.05, 3.63) is 11.3 Å². The van der Waals surface area contributed by atoms with Crippen LogP contribution in [0.2, 0.25) is 0 Å². The molecular weight excluding hydrogens is 214 g/mol. The van der Waals surface area contributed by atoms with Gasteiger partial charge in [-0.05, 0) is 19.8 Å². The molecule has 0 atom stereocenters. The van der Waals surface area contributed by atoms with Crippen molar-refractivity contribution in [2.24, 2.45) is 12.8 Å². The maximum absolute atomic E-state index is 9.15. The van der Waals surface area contributed by atoms with Gasteiger partial charge in [-0.15, -0.1) is 0 Å². The number of anilines is 1. The summed E-state index contributed by atoms with van der Waals surface area (Å²) in [6, 6.07) is 2.19. The van der Waals surface area contributed by atoms with Gasteiger partial charge in [-0.2, -0.15) is 10.4 Å². The van der Waals surface area contributed by atoms with Gasteiger partial charge in [0.25, 0.3) is 0 Å². The predicted octanol–water partition coefficient (Wildman–Crippen LogP) is 1.53. The molecule has 0 amide bonds. The summed E-state index contributed by atoms with van der Waals surface area (Å²) in [5.74, 6) is 0.763. The Hall–Kier alpha value is -1.54. The fourth-order valence-electron chi connectivity index (χ4n) is 1.95. The molecule has 0 spiro atoms. The van der Waals surface area contributed by atoms with Gasteiger partial charge < -0.3 is 11.1 Å². The van der Waals surface area contributed by atoms with Crippen molar-refractivity contribution in [2.75, 3.05) is 11.9 Å². The second-order valence-electron chi connectivity index (χ2n) is 4.36. The number of aryl methyl sites for hydroxylation is 2. The summed E-state index contributed by atoms with van der Waals surface area (Å²) in [5.41, 5.74) is 7.04. The lowest BCUT2D eigenvalue weighted by Gasteiger charge is -2.32. The molecule has 0 aliphatic carbocycles. The average molecular weight is 235 g/mol. The highest BCUT2D eigenvalue weighted by molar-refractivity contribution is 5.56. The van der Waals surface area contributed by atoms with Crippen LogP contribution in [0.15, 0.2) is 0 Å². The number of hydrogen-bond acceptors (Lipinski definition) is 4. The Kier molecular flexibility index (Phi) is 4.13. The fraction of sp³-hybridized carbons (Fsp3) is 0.667. The van der Waals surface area contributed by atoms with Gasteiger partial charge in [0.2, 0.25) is 0 Å². The number of nitriles is 1. The van der Waals surface area contributed by atoms with Crippen LogP contribution >= 0.6 is 0 Å². The lowest BCUT2D eigenvalue weighted by atomic mass is 9.93. The highest BCUT2D eigenvalue weighted by atomic mass is 15.3. The van der Waals surface area contributed by atoms with E-state index < -0.39 is 0 Å². The van der Waals surface area contributed by atoms with Gasteiger partial charge in [-0.25, -0.2) is 0 Å². The molecule has 0 saturated carbocycles. The minimum Gasteiger partial charge on any atom is -0.362 e. The van der Waals surface area contributed by atoms with Crippen LogP contribution in [0.1, 0.15) is 37.9 Å². The molecule has 1 aromatic rings. The van der Waals surface area contributed by atoms with Crippen molar-refractivity contribution >= 4 is 5.82 Å². The zero-order valence-electron chi connectivity index (χ0n) is 11.0. The summed E-state index contributed by atoms with van der Waals surface area (Å²) in [6.45, 7) is 6.57. The monoisotopic (exact) mass is 235 g/mol. The summed E-state index contributed by atoms with van der Waals surface area (Å²) >= 11 is 0. The first-order chi connectivity index (χ1) is 8.03. The van der Waals surface area contributed by atoms with Crippen LogP contribution in [-0.2, 0) is 7.05 Å². The highest BCUT2D eigenvalue weighted by Crippen LogP contribution is 2.25. The topological polar surface area (TPSA) is 79.7 Å². The lowest BCUT2D eigenvalue weighted by molar-refractivity contribution is 0.440. The van der Waals surface area contributed by atoms with E-state index in [9.17, 15) is 0 Å². The maximum Gasteiger partial charge on any atom is 0.142 e. The van der Waals surface area contributed by atoms with E-state index in [0.29, 0.717) is 12.1 Å². The molecule has 17 heavy (non-hydrogen) atoms. The Balaban J connectivity index is 3.14. The molecule has 0 aliphatic heterocycles. The number of nitrogens with one attached hydrogen (secondary N) is 1. The van der Waals surface area contributed by atoms with Gasteiger partial charge in [-0.3, -0.25) is 4.68 Å². The number of rotatable bonds is 5. The van der Waals surface area contributed by atoms with E-state index in [1.165, 1.54) is 0 Å². The standard InChI is InChI=1S/C12H21N5/c1-5-12(6-2,8-14)15-11-10(7-13)9(3)16-17(11)4/h15H,5-6,8,14H2,1-4H3. The van der Waals surface area contributed by atoms with Crippen LogP contribution in [0, 0.1) is 18.3 Å². The zero-order chi connectivity index (χ0) is 13.1. The van der Waals surface area contributed by atoms with Gasteiger partial charge in [0, 0.05) is 13.6 Å². The molecule has 0 radical (unpaired) electrons. The van der Waals surface area contributed by atoms with Gasteiger partial charge >= 0.3 is 0 Å². The van der Waals surface area contributed by atoms with Crippen LogP contribution in [-0.4, -0.2) is 21.9 Å². The smallest absolute Gasteiger partial charge is 0.142 e. The number of aromatic nitrogens is 2. The van der Waals surface area contributed by atoms with E-state index in [4.69, 9.17) is 11.0 Å². The second kappa shape index (κ2) is 5.19. The zero-order valence-corrected chi connectivity index (χ0v) is 11.0. The quantitative estimate of drug-likeness (QED) is 0.811. The van der Waals surface area contributed by atoms with E-state index in [2.05, 4.69) is 30.3 Å². The Morgan fingerprint density at radius 3 is 2.47 bits per heavy atom. The second-order valence-corrected chi connectivity index (χ2v) is 4.36. The van der Waals surface area contributed by atoms with Crippen molar-refractivity contribution < 1.29 is 0 Å². The molecular formula is C12H21N5. The Morgan fingerprint density at radius 1 is 1.47 bits per heavy atom. The molecule has 0 aliphatic rings. The van der Waals surface area contributed by atoms with Crippen LogP contribution in [0.3, 0.4) is 0 Å². The molecule has 0 fully saturated rings. The normalized spacial score (nSPS) is 11.3. The van der Waals surface area contributed by atoms with Crippen LogP contribution in [0.5, 0.6) is 0 Å². The summed E-state index contributed by atoms with van der Waals surface area (Å²) < 4.78 is 1.71. The van der Waals surface area contributed by atoms with E-state index >= 15 is 0 Å². The molecule has 1 rings (SSSR count). The molecule has 5 nitrogen and oxygen atoms in total. The highest BCUT2D eigenvalue weighted by Gasteiger charge is 2.27. The van der Waals surface area contributed by atoms with Gasteiger partial charge in [-0.1, -0.05) is 13.8 Å². The van der Waals surface area contributed by atoms with Crippen LogP contribution in [0.4, 0.5) is 5.82 Å². The molecule has 0 aromatic carbocycles. The first-order valence-corrected chi connectivity index (χ1v) is 5.95. The summed E-state index contributed by atoms with van der Waals surface area (Å²) in [4.78, 5) is 0. The first kappa shape index (κ1) is 13.5. The Morgan fingerprint density at radius 2 is 2.06 bits per heavy atom. The van der Waals surface area contributed by atoms with E-state index in [1.807, 2.05) is 14.0 Å². The molecule has 3 N–H and O–H groups in total. The van der Waals surface area contributed by atoms with Crippen LogP contribution in [0.25, 0.3) is 0 Å². The van der Waals surface area contributed by atoms with Crippen LogP contribution < -0.4 is 11.1 Å². The first-order valence-electron chi connectivity index (χ1n) is 5.95. The number of nitrogens with zero attached hydrogens (tertiary/aromatic N) is 3. The molecule has 0 saturated heterocycles. The third kappa shape index (κ3) is 2.42. The van der Waals surface area contributed by atoms with Crippen molar-refractivity contribution in [2.45, 2.75) is 39.2 Å². The van der Waals surface area contributed by atoms with Crippen molar-refractivity contribution in [1.29, 1.82) is 5.26 Å². The minimum absolute atomic E-state index is 0.161. The molecule has 5 heteroatoms. The number of hydrogen-bond donors (Lipinski definition) is 2. The molecule has 1 aromatic heterocycles. The molecule has 94 valence electrons. The summed E-state index contributed by atoms with van der Waals surface area (Å²) in [6.07, 6.45) is 1.82. The number of nitrogens with two attached hydrogens (primary N) is 1. The third-order valence-electron chi connectivity index (χ3n) is 3.46. The summed E-state index contributed by atoms with van der Waals surface area (Å²) in [7, 11) is 1.84. The van der Waals surface area contributed by atoms with Crippen molar-refractivity contribution in [3.8, 4) is 6.07 Å². The Labute approximate surface area is 103 Å². The maximum atomic E-state index is 9.15. The predicted molar refractivity (Wildman–Crippen MR) is 68.7 cm³/mol. The van der Waals surface area contributed by atoms with E-state index in [1.54, 1.807) is 4.68 Å². The van der Waals surface area contributed by atoms with E-state index in [-0.39, 0.29) is 5.54 Å². The molecule has 0 bridgehead atoms. The summed E-state index contributed by atoms with van der Waals surface area (Å²) in [5, 5.41) is 16.8. The SMILES string of the molecule is CCC(CC)(CN)Nc1c(C#N)c(C)nn1C. The van der Waals surface area contributed by atoms with Gasteiger partial charge in [0.15, 0.2) is 0 Å². The average Bonchev–Trinajstić information content (AvgIpc) is 2.60. The third-order valence-corrected chi connectivity index (χ3v) is 3.46. The Bertz CT molecular complexity index is 415. The van der Waals surface area contributed by atoms with Crippen molar-refractivity contribution in [3.63, 3.8) is 0 Å². The van der Waals surface area contributed by atoms with Crippen molar-refractivity contribution in [1.82, 2.24) is 9.78 Å².